The summed E-state index contributed by atoms with van der Waals surface area (Å²) in [6.45, 7) is 1.55. The lowest BCUT2D eigenvalue weighted by molar-refractivity contribution is 0.131. The molecule has 6 heteroatoms. The van der Waals surface area contributed by atoms with Gasteiger partial charge >= 0.3 is 6.03 Å². The Morgan fingerprint density at radius 2 is 2.14 bits per heavy atom. The third-order valence-corrected chi connectivity index (χ3v) is 3.81. The molecule has 0 spiro atoms. The van der Waals surface area contributed by atoms with Gasteiger partial charge in [-0.25, -0.2) is 9.18 Å². The van der Waals surface area contributed by atoms with Crippen molar-refractivity contribution in [2.45, 2.75) is 31.7 Å². The highest BCUT2D eigenvalue weighted by Gasteiger charge is 2.25. The van der Waals surface area contributed by atoms with Crippen LogP contribution in [0.25, 0.3) is 0 Å². The molecule has 1 unspecified atom stereocenters. The number of hydrogen-bond donors (Lipinski definition) is 2. The second kappa shape index (κ2) is 8.58. The van der Waals surface area contributed by atoms with Crippen LogP contribution in [-0.2, 0) is 0 Å². The summed E-state index contributed by atoms with van der Waals surface area (Å²) in [5.41, 5.74) is 0. The highest BCUT2D eigenvalue weighted by atomic mass is 19.1. The Kier molecular flexibility index (Phi) is 6.45. The van der Waals surface area contributed by atoms with Crippen LogP contribution >= 0.6 is 0 Å². The number of benzene rings is 1. The molecular weight excluding hydrogens is 287 g/mol. The van der Waals surface area contributed by atoms with Crippen molar-refractivity contribution in [1.82, 2.24) is 10.2 Å². The molecule has 1 aliphatic rings. The first kappa shape index (κ1) is 16.5. The number of nitrogens with zero attached hydrogens (tertiary/aromatic N) is 1. The van der Waals surface area contributed by atoms with Crippen LogP contribution in [0.15, 0.2) is 24.3 Å². The van der Waals surface area contributed by atoms with Crippen LogP contribution in [-0.4, -0.2) is 48.4 Å². The van der Waals surface area contributed by atoms with Crippen molar-refractivity contribution < 1.29 is 19.0 Å². The number of halogens is 1. The Bertz CT molecular complexity index is 465. The number of likely N-dealkylation sites (tertiary alicyclic amines) is 1. The maximum absolute atomic E-state index is 12.8. The number of aliphatic hydroxyl groups is 1. The Morgan fingerprint density at radius 3 is 2.86 bits per heavy atom. The normalized spacial score (nSPS) is 18.1. The van der Waals surface area contributed by atoms with E-state index in [1.807, 2.05) is 0 Å². The quantitative estimate of drug-likeness (QED) is 0.792. The van der Waals surface area contributed by atoms with E-state index in [2.05, 4.69) is 5.32 Å². The van der Waals surface area contributed by atoms with E-state index in [0.29, 0.717) is 25.3 Å². The molecule has 22 heavy (non-hydrogen) atoms. The summed E-state index contributed by atoms with van der Waals surface area (Å²) in [6, 6.07) is 5.79. The molecule has 0 saturated carbocycles. The van der Waals surface area contributed by atoms with Gasteiger partial charge in [0.25, 0.3) is 0 Å². The monoisotopic (exact) mass is 310 g/mol. The molecule has 1 aromatic carbocycles. The van der Waals surface area contributed by atoms with Gasteiger partial charge in [-0.3, -0.25) is 0 Å². The fourth-order valence-electron chi connectivity index (χ4n) is 2.68. The molecule has 1 saturated heterocycles. The van der Waals surface area contributed by atoms with Crippen LogP contribution in [0.5, 0.6) is 5.75 Å². The molecule has 2 amide bonds. The molecular formula is C16H23FN2O3. The van der Waals surface area contributed by atoms with Crippen LogP contribution < -0.4 is 10.1 Å². The number of nitrogens with one attached hydrogen (secondary N) is 1. The van der Waals surface area contributed by atoms with Crippen LogP contribution in [0.1, 0.15) is 25.7 Å². The first-order valence-electron chi connectivity index (χ1n) is 7.74. The number of carbonyl (C=O) groups is 1. The van der Waals surface area contributed by atoms with Crippen molar-refractivity contribution >= 4 is 6.03 Å². The molecule has 0 bridgehead atoms. The number of urea groups is 1. The highest BCUT2D eigenvalue weighted by molar-refractivity contribution is 5.74. The second-order valence-corrected chi connectivity index (χ2v) is 5.39. The lowest BCUT2D eigenvalue weighted by atomic mass is 10.0. The lowest BCUT2D eigenvalue weighted by Gasteiger charge is -2.35. The average molecular weight is 310 g/mol. The van der Waals surface area contributed by atoms with E-state index in [1.165, 1.54) is 12.1 Å². The summed E-state index contributed by atoms with van der Waals surface area (Å²) >= 11 is 0. The zero-order chi connectivity index (χ0) is 15.8. The summed E-state index contributed by atoms with van der Waals surface area (Å²) in [6.07, 6.45) is 3.67. The van der Waals surface area contributed by atoms with Gasteiger partial charge in [-0.15, -0.1) is 0 Å². The van der Waals surface area contributed by atoms with Crippen molar-refractivity contribution in [1.29, 1.82) is 0 Å². The number of ether oxygens (including phenoxy) is 1. The third kappa shape index (κ3) is 4.87. The van der Waals surface area contributed by atoms with Crippen molar-refractivity contribution in [3.05, 3.63) is 30.1 Å². The van der Waals surface area contributed by atoms with Gasteiger partial charge in [-0.2, -0.15) is 0 Å². The van der Waals surface area contributed by atoms with Gasteiger partial charge in [-0.1, -0.05) is 0 Å². The molecule has 1 aromatic rings. The Labute approximate surface area is 130 Å². The molecule has 2 N–H and O–H groups in total. The second-order valence-electron chi connectivity index (χ2n) is 5.39. The number of rotatable bonds is 6. The number of amides is 2. The summed E-state index contributed by atoms with van der Waals surface area (Å²) in [7, 11) is 0. The van der Waals surface area contributed by atoms with Gasteiger partial charge in [0.15, 0.2) is 0 Å². The number of aliphatic hydroxyl groups excluding tert-OH is 1. The van der Waals surface area contributed by atoms with Gasteiger partial charge in [0.05, 0.1) is 6.54 Å². The molecule has 1 atom stereocenters. The van der Waals surface area contributed by atoms with E-state index in [0.717, 1.165) is 25.8 Å². The molecule has 5 nitrogen and oxygen atoms in total. The van der Waals surface area contributed by atoms with Crippen LogP contribution in [0.3, 0.4) is 0 Å². The number of carbonyl (C=O) groups excluding carboxylic acids is 1. The molecule has 1 fully saturated rings. The van der Waals surface area contributed by atoms with Crippen molar-refractivity contribution in [2.75, 3.05) is 26.3 Å². The van der Waals surface area contributed by atoms with E-state index in [9.17, 15) is 9.18 Å². The van der Waals surface area contributed by atoms with E-state index in [-0.39, 0.29) is 24.5 Å². The summed E-state index contributed by atoms with van der Waals surface area (Å²) in [5.74, 6) is 0.271. The largest absolute Gasteiger partial charge is 0.492 e. The van der Waals surface area contributed by atoms with Crippen molar-refractivity contribution in [3.8, 4) is 5.75 Å². The predicted octanol–water partition coefficient (Wildman–Crippen LogP) is 2.15. The topological polar surface area (TPSA) is 61.8 Å². The average Bonchev–Trinajstić information content (AvgIpc) is 2.54. The third-order valence-electron chi connectivity index (χ3n) is 3.81. The maximum atomic E-state index is 12.8. The van der Waals surface area contributed by atoms with E-state index >= 15 is 0 Å². The van der Waals surface area contributed by atoms with E-state index < -0.39 is 0 Å². The Hall–Kier alpha value is -1.82. The van der Waals surface area contributed by atoms with Crippen molar-refractivity contribution in [3.63, 3.8) is 0 Å². The van der Waals surface area contributed by atoms with Gasteiger partial charge in [0, 0.05) is 19.2 Å². The fraction of sp³-hybridized carbons (Fsp3) is 0.562. The molecule has 2 rings (SSSR count). The summed E-state index contributed by atoms with van der Waals surface area (Å²) in [5, 5.41) is 11.9. The first-order valence-corrected chi connectivity index (χ1v) is 7.74. The summed E-state index contributed by atoms with van der Waals surface area (Å²) in [4.78, 5) is 14.0. The molecule has 0 aromatic heterocycles. The molecule has 0 aliphatic carbocycles. The van der Waals surface area contributed by atoms with Crippen LogP contribution in [0.4, 0.5) is 9.18 Å². The Morgan fingerprint density at radius 1 is 1.36 bits per heavy atom. The van der Waals surface area contributed by atoms with Gasteiger partial charge in [0.2, 0.25) is 0 Å². The van der Waals surface area contributed by atoms with Gasteiger partial charge < -0.3 is 20.1 Å². The van der Waals surface area contributed by atoms with Crippen LogP contribution in [0.2, 0.25) is 0 Å². The minimum Gasteiger partial charge on any atom is -0.492 e. The minimum atomic E-state index is -0.305. The first-order chi connectivity index (χ1) is 10.7. The van der Waals surface area contributed by atoms with E-state index in [1.54, 1.807) is 17.0 Å². The van der Waals surface area contributed by atoms with E-state index in [4.69, 9.17) is 9.84 Å². The standard InChI is InChI=1S/C16H23FN2O3/c17-13-4-6-15(7-5-13)22-12-9-18-16(21)19-10-2-1-3-14(19)8-11-20/h4-7,14,20H,1-3,8-12H2,(H,18,21). The zero-order valence-electron chi connectivity index (χ0n) is 12.6. The fourth-order valence-corrected chi connectivity index (χ4v) is 2.68. The Balaban J connectivity index is 1.71. The number of piperidine rings is 1. The molecule has 1 aliphatic heterocycles. The SMILES string of the molecule is O=C(NCCOc1ccc(F)cc1)N1CCCCC1CCO. The number of hydrogen-bond acceptors (Lipinski definition) is 3. The van der Waals surface area contributed by atoms with Gasteiger partial charge in [-0.05, 0) is 49.9 Å². The lowest BCUT2D eigenvalue weighted by Crippen LogP contribution is -2.49. The maximum Gasteiger partial charge on any atom is 0.317 e. The predicted molar refractivity (Wildman–Crippen MR) is 81.3 cm³/mol. The minimum absolute atomic E-state index is 0.0993. The molecule has 122 valence electrons. The summed E-state index contributed by atoms with van der Waals surface area (Å²) < 4.78 is 18.2. The van der Waals surface area contributed by atoms with Crippen molar-refractivity contribution in [2.24, 2.45) is 0 Å². The molecule has 0 radical (unpaired) electrons. The van der Waals surface area contributed by atoms with Gasteiger partial charge in [0.1, 0.15) is 18.2 Å². The highest BCUT2D eigenvalue weighted by Crippen LogP contribution is 2.19. The smallest absolute Gasteiger partial charge is 0.317 e. The van der Waals surface area contributed by atoms with Crippen LogP contribution in [0, 0.1) is 5.82 Å². The zero-order valence-corrected chi connectivity index (χ0v) is 12.6. The molecule has 1 heterocycles.